The molecule has 0 bridgehead atoms. The van der Waals surface area contributed by atoms with Gasteiger partial charge in [-0.1, -0.05) is 18.2 Å². The summed E-state index contributed by atoms with van der Waals surface area (Å²) >= 11 is 1.76. The molecule has 106 valence electrons. The third-order valence-electron chi connectivity index (χ3n) is 3.50. The molecule has 2 nitrogen and oxygen atoms in total. The summed E-state index contributed by atoms with van der Waals surface area (Å²) in [4.78, 5) is 5.87. The second-order valence-electron chi connectivity index (χ2n) is 5.02. The van der Waals surface area contributed by atoms with Gasteiger partial charge in [-0.3, -0.25) is 4.98 Å². The molecule has 0 radical (unpaired) electrons. The molecule has 1 aromatic heterocycles. The topological polar surface area (TPSA) is 24.9 Å². The van der Waals surface area contributed by atoms with Gasteiger partial charge < -0.3 is 5.32 Å². The Hall–Kier alpha value is -2.00. The Morgan fingerprint density at radius 1 is 1.05 bits per heavy atom. The van der Waals surface area contributed by atoms with Crippen LogP contribution in [-0.4, -0.2) is 11.2 Å². The van der Waals surface area contributed by atoms with E-state index in [1.54, 1.807) is 11.8 Å². The first-order valence-corrected chi connectivity index (χ1v) is 8.22. The van der Waals surface area contributed by atoms with E-state index < -0.39 is 0 Å². The molecule has 0 amide bonds. The van der Waals surface area contributed by atoms with Crippen molar-refractivity contribution < 1.29 is 0 Å². The molecule has 0 saturated carbocycles. The molecule has 3 aromatic rings. The monoisotopic (exact) mass is 294 g/mol. The number of rotatable bonds is 4. The second-order valence-corrected chi connectivity index (χ2v) is 5.90. The molecular formula is C18H18N2S. The van der Waals surface area contributed by atoms with Crippen LogP contribution < -0.4 is 5.32 Å². The number of hydrogen-bond acceptors (Lipinski definition) is 3. The molecule has 0 saturated heterocycles. The first-order valence-electron chi connectivity index (χ1n) is 6.99. The van der Waals surface area contributed by atoms with Gasteiger partial charge in [-0.05, 0) is 55.1 Å². The van der Waals surface area contributed by atoms with Crippen LogP contribution in [0.3, 0.4) is 0 Å². The van der Waals surface area contributed by atoms with Gasteiger partial charge in [0.15, 0.2) is 0 Å². The Balaban J connectivity index is 1.84. The molecular weight excluding hydrogens is 276 g/mol. The summed E-state index contributed by atoms with van der Waals surface area (Å²) in [5.74, 6) is 0. The van der Waals surface area contributed by atoms with Crippen molar-refractivity contribution in [2.75, 3.05) is 11.6 Å². The minimum absolute atomic E-state index is 0.808. The fourth-order valence-corrected chi connectivity index (χ4v) is 2.86. The van der Waals surface area contributed by atoms with Crippen LogP contribution in [-0.2, 0) is 6.54 Å². The van der Waals surface area contributed by atoms with Crippen LogP contribution in [0, 0.1) is 6.92 Å². The zero-order valence-electron chi connectivity index (χ0n) is 12.3. The Morgan fingerprint density at radius 3 is 2.57 bits per heavy atom. The maximum Gasteiger partial charge on any atom is 0.0708 e. The molecule has 0 unspecified atom stereocenters. The van der Waals surface area contributed by atoms with Crippen molar-refractivity contribution >= 4 is 28.4 Å². The van der Waals surface area contributed by atoms with E-state index in [9.17, 15) is 0 Å². The summed E-state index contributed by atoms with van der Waals surface area (Å²) in [5.41, 5.74) is 4.55. The third kappa shape index (κ3) is 3.19. The van der Waals surface area contributed by atoms with E-state index in [2.05, 4.69) is 65.1 Å². The van der Waals surface area contributed by atoms with Gasteiger partial charge in [0.2, 0.25) is 0 Å². The number of nitrogens with one attached hydrogen (secondary N) is 1. The SMILES string of the molecule is CSc1ccc(NCc2cc(C)nc3ccccc23)cc1. The van der Waals surface area contributed by atoms with Gasteiger partial charge in [0.05, 0.1) is 5.52 Å². The van der Waals surface area contributed by atoms with Gasteiger partial charge >= 0.3 is 0 Å². The molecule has 3 rings (SSSR count). The number of hydrogen-bond donors (Lipinski definition) is 1. The van der Waals surface area contributed by atoms with Crippen molar-refractivity contribution in [2.45, 2.75) is 18.4 Å². The third-order valence-corrected chi connectivity index (χ3v) is 4.25. The van der Waals surface area contributed by atoms with Gasteiger partial charge in [-0.2, -0.15) is 0 Å². The lowest BCUT2D eigenvalue weighted by molar-refractivity contribution is 1.13. The molecule has 2 aromatic carbocycles. The first-order chi connectivity index (χ1) is 10.3. The van der Waals surface area contributed by atoms with E-state index in [1.165, 1.54) is 15.8 Å². The van der Waals surface area contributed by atoms with Crippen molar-refractivity contribution in [3.63, 3.8) is 0 Å². The van der Waals surface area contributed by atoms with Gasteiger partial charge in [0.25, 0.3) is 0 Å². The van der Waals surface area contributed by atoms with E-state index in [4.69, 9.17) is 0 Å². The summed E-state index contributed by atoms with van der Waals surface area (Å²) < 4.78 is 0. The van der Waals surface area contributed by atoms with Crippen molar-refractivity contribution in [1.29, 1.82) is 0 Å². The molecule has 0 aliphatic rings. The average Bonchev–Trinajstić information content (AvgIpc) is 2.53. The average molecular weight is 294 g/mol. The molecule has 21 heavy (non-hydrogen) atoms. The summed E-state index contributed by atoms with van der Waals surface area (Å²) in [6.07, 6.45) is 2.09. The largest absolute Gasteiger partial charge is 0.381 e. The zero-order valence-corrected chi connectivity index (χ0v) is 13.1. The highest BCUT2D eigenvalue weighted by molar-refractivity contribution is 7.98. The Kier molecular flexibility index (Phi) is 4.11. The molecule has 0 fully saturated rings. The van der Waals surface area contributed by atoms with Gasteiger partial charge in [0, 0.05) is 28.2 Å². The van der Waals surface area contributed by atoms with Gasteiger partial charge in [-0.25, -0.2) is 0 Å². The summed E-state index contributed by atoms with van der Waals surface area (Å²) in [7, 11) is 0. The maximum absolute atomic E-state index is 4.58. The number of fused-ring (bicyclic) bond motifs is 1. The normalized spacial score (nSPS) is 10.8. The van der Waals surface area contributed by atoms with Crippen molar-refractivity contribution in [3.05, 3.63) is 65.9 Å². The Labute approximate surface area is 129 Å². The highest BCUT2D eigenvalue weighted by atomic mass is 32.2. The minimum atomic E-state index is 0.808. The van der Waals surface area contributed by atoms with Crippen molar-refractivity contribution in [2.24, 2.45) is 0 Å². The molecule has 1 N–H and O–H groups in total. The molecule has 0 aliphatic heterocycles. The van der Waals surface area contributed by atoms with Gasteiger partial charge in [0.1, 0.15) is 0 Å². The van der Waals surface area contributed by atoms with Crippen LogP contribution in [0.2, 0.25) is 0 Å². The quantitative estimate of drug-likeness (QED) is 0.694. The number of anilines is 1. The number of benzene rings is 2. The molecule has 3 heteroatoms. The van der Waals surface area contributed by atoms with Crippen molar-refractivity contribution in [1.82, 2.24) is 4.98 Å². The summed E-state index contributed by atoms with van der Waals surface area (Å²) in [6, 6.07) is 19.0. The lowest BCUT2D eigenvalue weighted by Crippen LogP contribution is -2.01. The van der Waals surface area contributed by atoms with Crippen LogP contribution >= 0.6 is 11.8 Å². The molecule has 0 aliphatic carbocycles. The fourth-order valence-electron chi connectivity index (χ4n) is 2.45. The molecule has 0 spiro atoms. The van der Waals surface area contributed by atoms with Crippen LogP contribution in [0.5, 0.6) is 0 Å². The zero-order chi connectivity index (χ0) is 14.7. The lowest BCUT2D eigenvalue weighted by atomic mass is 10.1. The predicted octanol–water partition coefficient (Wildman–Crippen LogP) is 4.88. The first kappa shape index (κ1) is 14.0. The van der Waals surface area contributed by atoms with Crippen molar-refractivity contribution in [3.8, 4) is 0 Å². The number of aryl methyl sites for hydroxylation is 1. The van der Waals surface area contributed by atoms with Crippen LogP contribution in [0.25, 0.3) is 10.9 Å². The number of pyridine rings is 1. The van der Waals surface area contributed by atoms with Crippen LogP contribution in [0.15, 0.2) is 59.5 Å². The summed E-state index contributed by atoms with van der Waals surface area (Å²) in [5, 5.41) is 4.71. The Morgan fingerprint density at radius 2 is 1.81 bits per heavy atom. The highest BCUT2D eigenvalue weighted by Crippen LogP contribution is 2.21. The highest BCUT2D eigenvalue weighted by Gasteiger charge is 2.03. The van der Waals surface area contributed by atoms with Crippen LogP contribution in [0.1, 0.15) is 11.3 Å². The standard InChI is InChI=1S/C18H18N2S/c1-13-11-14(17-5-3-4-6-18(17)20-13)12-19-15-7-9-16(21-2)10-8-15/h3-11,19H,12H2,1-2H3. The summed E-state index contributed by atoms with van der Waals surface area (Å²) in [6.45, 7) is 2.85. The smallest absolute Gasteiger partial charge is 0.0708 e. The van der Waals surface area contributed by atoms with E-state index >= 15 is 0 Å². The van der Waals surface area contributed by atoms with E-state index in [1.807, 2.05) is 13.0 Å². The molecule has 0 atom stereocenters. The van der Waals surface area contributed by atoms with E-state index in [0.717, 1.165) is 23.4 Å². The lowest BCUT2D eigenvalue weighted by Gasteiger charge is -2.10. The minimum Gasteiger partial charge on any atom is -0.381 e. The van der Waals surface area contributed by atoms with Gasteiger partial charge in [-0.15, -0.1) is 11.8 Å². The predicted molar refractivity (Wildman–Crippen MR) is 92.0 cm³/mol. The number of thioether (sulfide) groups is 1. The van der Waals surface area contributed by atoms with Crippen LogP contribution in [0.4, 0.5) is 5.69 Å². The molecule has 1 heterocycles. The van der Waals surface area contributed by atoms with E-state index in [0.29, 0.717) is 0 Å². The van der Waals surface area contributed by atoms with E-state index in [-0.39, 0.29) is 0 Å². The second kappa shape index (κ2) is 6.19. The number of nitrogens with zero attached hydrogens (tertiary/aromatic N) is 1. The maximum atomic E-state index is 4.58. The Bertz CT molecular complexity index is 751. The fraction of sp³-hybridized carbons (Fsp3) is 0.167. The number of para-hydroxylation sites is 1. The number of aromatic nitrogens is 1.